The lowest BCUT2D eigenvalue weighted by atomic mass is 9.65. The van der Waals surface area contributed by atoms with Gasteiger partial charge in [-0.1, -0.05) is 13.0 Å². The Morgan fingerprint density at radius 2 is 2.04 bits per heavy atom. The van der Waals surface area contributed by atoms with E-state index in [0.717, 1.165) is 25.8 Å². The van der Waals surface area contributed by atoms with Crippen LogP contribution in [0.15, 0.2) is 30.5 Å². The second-order valence-corrected chi connectivity index (χ2v) is 13.8. The first-order valence-electron chi connectivity index (χ1n) is 16.4. The zero-order valence-corrected chi connectivity index (χ0v) is 26.0. The number of aryl methyl sites for hydroxylation is 1. The Balaban J connectivity index is 1.31. The summed E-state index contributed by atoms with van der Waals surface area (Å²) in [5, 5.41) is 25.7. The molecule has 1 saturated carbocycles. The summed E-state index contributed by atoms with van der Waals surface area (Å²) in [4.78, 5) is 28.8. The normalized spacial score (nSPS) is 28.7. The lowest BCUT2D eigenvalue weighted by Crippen LogP contribution is -2.43. The Hall–Kier alpha value is -4.03. The molecule has 8 rings (SSSR count). The molecular formula is C35H36F3N5O4. The van der Waals surface area contributed by atoms with Crippen molar-refractivity contribution >= 4 is 27.6 Å². The Kier molecular flexibility index (Phi) is 7.10. The Morgan fingerprint density at radius 3 is 2.85 bits per heavy atom. The van der Waals surface area contributed by atoms with Gasteiger partial charge in [-0.25, -0.2) is 13.2 Å². The molecular weight excluding hydrogens is 611 g/mol. The van der Waals surface area contributed by atoms with Gasteiger partial charge >= 0.3 is 12.0 Å². The van der Waals surface area contributed by atoms with Crippen LogP contribution in [0.4, 0.5) is 13.2 Å². The topological polar surface area (TPSA) is 121 Å². The average Bonchev–Trinajstić information content (AvgIpc) is 3.70. The molecule has 4 fully saturated rings. The fourth-order valence-electron chi connectivity index (χ4n) is 8.99. The van der Waals surface area contributed by atoms with E-state index in [0.29, 0.717) is 54.3 Å². The summed E-state index contributed by atoms with van der Waals surface area (Å²) in [6.45, 7) is 3.28. The number of aromatic nitrogens is 3. The smallest absolute Gasteiger partial charge is 0.317 e. The number of aromatic hydroxyl groups is 1. The Bertz CT molecular complexity index is 1940. The third-order valence-electron chi connectivity index (χ3n) is 11.2. The molecule has 5 atom stereocenters. The molecule has 2 aromatic heterocycles. The van der Waals surface area contributed by atoms with Crippen LogP contribution in [-0.4, -0.2) is 80.0 Å². The van der Waals surface area contributed by atoms with E-state index in [1.807, 2.05) is 0 Å². The van der Waals surface area contributed by atoms with Gasteiger partial charge in [0.25, 0.3) is 0 Å². The number of pyridine rings is 1. The molecule has 3 N–H and O–H groups in total. The maximum atomic E-state index is 17.0. The molecule has 9 nitrogen and oxygen atoms in total. The van der Waals surface area contributed by atoms with Gasteiger partial charge in [-0.3, -0.25) is 14.7 Å². The largest absolute Gasteiger partial charge is 0.508 e. The molecule has 2 aromatic carbocycles. The van der Waals surface area contributed by atoms with E-state index in [1.54, 1.807) is 6.92 Å². The fourth-order valence-corrected chi connectivity index (χ4v) is 8.99. The third kappa shape index (κ3) is 4.66. The van der Waals surface area contributed by atoms with Gasteiger partial charge in [0.05, 0.1) is 16.6 Å². The summed E-state index contributed by atoms with van der Waals surface area (Å²) in [6, 6.07) is 5.68. The number of halogens is 3. The number of alkyl halides is 1. The number of hydrogen-bond acceptors (Lipinski definition) is 8. The number of carboxylic acid groups (broad SMARTS) is 1. The van der Waals surface area contributed by atoms with Gasteiger partial charge in [0.15, 0.2) is 5.82 Å². The molecule has 0 amide bonds. The number of carbonyl (C=O) groups is 1. The highest BCUT2D eigenvalue weighted by Crippen LogP contribution is 2.52. The highest BCUT2D eigenvalue weighted by molar-refractivity contribution is 6.01. The first kappa shape index (κ1) is 30.3. The van der Waals surface area contributed by atoms with Crippen molar-refractivity contribution in [2.75, 3.05) is 26.2 Å². The zero-order valence-electron chi connectivity index (χ0n) is 26.0. The molecule has 47 heavy (non-hydrogen) atoms. The van der Waals surface area contributed by atoms with Crippen molar-refractivity contribution in [3.63, 3.8) is 0 Å². The predicted octanol–water partition coefficient (Wildman–Crippen LogP) is 5.66. The number of benzene rings is 2. The molecule has 4 aliphatic rings. The number of hydrogen-bond donors (Lipinski definition) is 3. The average molecular weight is 648 g/mol. The van der Waals surface area contributed by atoms with Crippen LogP contribution in [0.25, 0.3) is 32.9 Å². The number of fused-ring (bicyclic) bond motifs is 5. The molecule has 3 saturated heterocycles. The lowest BCUT2D eigenvalue weighted by Gasteiger charge is -2.36. The first-order chi connectivity index (χ1) is 22.6. The molecule has 2 bridgehead atoms. The van der Waals surface area contributed by atoms with Crippen LogP contribution in [0.1, 0.15) is 62.6 Å². The summed E-state index contributed by atoms with van der Waals surface area (Å²) >= 11 is 0. The quantitative estimate of drug-likeness (QED) is 0.234. The van der Waals surface area contributed by atoms with Crippen LogP contribution in [-0.2, 0) is 11.2 Å². The highest BCUT2D eigenvalue weighted by Gasteiger charge is 2.55. The summed E-state index contributed by atoms with van der Waals surface area (Å²) in [6.07, 6.45) is 4.46. The number of aliphatic carboxylic acids is 1. The van der Waals surface area contributed by atoms with E-state index in [4.69, 9.17) is 9.72 Å². The zero-order chi connectivity index (χ0) is 32.7. The van der Waals surface area contributed by atoms with Crippen molar-refractivity contribution < 1.29 is 32.9 Å². The summed E-state index contributed by atoms with van der Waals surface area (Å²) in [5.41, 5.74) is -0.972. The molecule has 0 spiro atoms. The van der Waals surface area contributed by atoms with Crippen molar-refractivity contribution in [3.8, 4) is 23.0 Å². The van der Waals surface area contributed by atoms with E-state index in [2.05, 4.69) is 20.2 Å². The Labute approximate surface area is 269 Å². The van der Waals surface area contributed by atoms with Crippen LogP contribution in [0.2, 0.25) is 0 Å². The SMILES string of the molecule is CCc1c(F)ccc2cc(O)cc(-c3ncc4c(C5CCC6CC5(C(=O)O)CN6)nc(OC[C@@]56CCCN5C[C@H](F)C6)nc4c3F)c12. The van der Waals surface area contributed by atoms with E-state index in [-0.39, 0.29) is 53.1 Å². The molecule has 3 aliphatic heterocycles. The van der Waals surface area contributed by atoms with Crippen molar-refractivity contribution in [3.05, 3.63) is 53.4 Å². The fraction of sp³-hybridized carbons (Fsp3) is 0.486. The van der Waals surface area contributed by atoms with Crippen molar-refractivity contribution in [1.82, 2.24) is 25.2 Å². The summed E-state index contributed by atoms with van der Waals surface area (Å²) < 4.78 is 52.7. The third-order valence-corrected chi connectivity index (χ3v) is 11.2. The van der Waals surface area contributed by atoms with Crippen LogP contribution < -0.4 is 10.1 Å². The van der Waals surface area contributed by atoms with Gasteiger partial charge < -0.3 is 20.3 Å². The monoisotopic (exact) mass is 647 g/mol. The molecule has 246 valence electrons. The number of phenolic OH excluding ortho intramolecular Hbond substituents is 1. The number of carboxylic acids is 1. The minimum atomic E-state index is -1.15. The van der Waals surface area contributed by atoms with E-state index in [9.17, 15) is 23.8 Å². The number of phenols is 1. The van der Waals surface area contributed by atoms with Gasteiger partial charge in [-0.05, 0) is 79.6 Å². The number of rotatable bonds is 7. The van der Waals surface area contributed by atoms with Gasteiger partial charge in [0, 0.05) is 48.6 Å². The van der Waals surface area contributed by atoms with Gasteiger partial charge in [0.1, 0.15) is 35.6 Å². The lowest BCUT2D eigenvalue weighted by molar-refractivity contribution is -0.150. The maximum Gasteiger partial charge on any atom is 0.317 e. The summed E-state index contributed by atoms with van der Waals surface area (Å²) in [5.74, 6) is -2.92. The molecule has 3 unspecified atom stereocenters. The van der Waals surface area contributed by atoms with Crippen LogP contribution in [0.3, 0.4) is 0 Å². The minimum absolute atomic E-state index is 0.0725. The molecule has 12 heteroatoms. The van der Waals surface area contributed by atoms with Crippen molar-refractivity contribution in [2.24, 2.45) is 5.41 Å². The number of nitrogens with zero attached hydrogens (tertiary/aromatic N) is 4. The number of ether oxygens (including phenoxy) is 1. The van der Waals surface area contributed by atoms with Crippen LogP contribution in [0, 0.1) is 17.0 Å². The van der Waals surface area contributed by atoms with Crippen LogP contribution >= 0.6 is 0 Å². The first-order valence-corrected chi connectivity index (χ1v) is 16.4. The van der Waals surface area contributed by atoms with Gasteiger partial charge in [-0.15, -0.1) is 0 Å². The van der Waals surface area contributed by atoms with Crippen molar-refractivity contribution in [2.45, 2.75) is 75.5 Å². The predicted molar refractivity (Wildman–Crippen MR) is 168 cm³/mol. The van der Waals surface area contributed by atoms with Crippen molar-refractivity contribution in [1.29, 1.82) is 0 Å². The molecule has 0 radical (unpaired) electrons. The molecule has 1 aliphatic carbocycles. The Morgan fingerprint density at radius 1 is 1.19 bits per heavy atom. The van der Waals surface area contributed by atoms with Gasteiger partial charge in [0.2, 0.25) is 0 Å². The summed E-state index contributed by atoms with van der Waals surface area (Å²) in [7, 11) is 0. The highest BCUT2D eigenvalue weighted by atomic mass is 19.1. The molecule has 4 aromatic rings. The van der Waals surface area contributed by atoms with E-state index in [1.165, 1.54) is 30.5 Å². The van der Waals surface area contributed by atoms with E-state index >= 15 is 4.39 Å². The second-order valence-electron chi connectivity index (χ2n) is 13.8. The maximum absolute atomic E-state index is 17.0. The standard InChI is InChI=1S/C35H36F3N5O4/c1-2-22-26(37)7-4-18-10-21(44)11-23(27(18)22)30-28(38)31-24(14-39-30)29(25-6-5-20-13-35(25,16-40-20)32(45)46)41-33(42-31)47-17-34-8-3-9-43(34)15-19(36)12-34/h4,7,10-11,14,19-20,25,40,44H,2-3,5-6,8-9,12-13,15-17H2,1H3,(H,45,46)/t19-,20?,25?,34+,35?/m1/s1. The number of nitrogens with one attached hydrogen (secondary N) is 1. The molecule has 5 heterocycles. The van der Waals surface area contributed by atoms with E-state index < -0.39 is 40.6 Å². The van der Waals surface area contributed by atoms with Gasteiger partial charge in [-0.2, -0.15) is 9.97 Å². The van der Waals surface area contributed by atoms with Crippen LogP contribution in [0.5, 0.6) is 11.8 Å². The second kappa shape index (κ2) is 11.0. The minimum Gasteiger partial charge on any atom is -0.508 e.